The third-order valence-electron chi connectivity index (χ3n) is 5.23. The van der Waals surface area contributed by atoms with E-state index in [1.807, 2.05) is 4.90 Å². The van der Waals surface area contributed by atoms with Crippen LogP contribution in [0.4, 0.5) is 0 Å². The van der Waals surface area contributed by atoms with E-state index in [9.17, 15) is 13.2 Å². The lowest BCUT2D eigenvalue weighted by molar-refractivity contribution is 0.0683. The Morgan fingerprint density at radius 1 is 1.04 bits per heavy atom. The second kappa shape index (κ2) is 7.87. The summed E-state index contributed by atoms with van der Waals surface area (Å²) in [6.07, 6.45) is 6.13. The second-order valence-corrected chi connectivity index (χ2v) is 9.28. The molecule has 0 spiro atoms. The van der Waals surface area contributed by atoms with Crippen molar-refractivity contribution >= 4 is 15.9 Å². The zero-order valence-corrected chi connectivity index (χ0v) is 15.8. The number of amides is 1. The number of hydrogen-bond acceptors (Lipinski definition) is 3. The average Bonchev–Trinajstić information content (AvgIpc) is 2.91. The van der Waals surface area contributed by atoms with E-state index in [2.05, 4.69) is 6.92 Å². The first-order chi connectivity index (χ1) is 12.0. The van der Waals surface area contributed by atoms with Crippen LogP contribution < -0.4 is 0 Å². The summed E-state index contributed by atoms with van der Waals surface area (Å²) < 4.78 is 27.5. The molecule has 25 heavy (non-hydrogen) atoms. The third-order valence-corrected chi connectivity index (χ3v) is 7.12. The minimum Gasteiger partial charge on any atom is -0.338 e. The summed E-state index contributed by atoms with van der Waals surface area (Å²) in [5, 5.41) is 0. The van der Waals surface area contributed by atoms with Gasteiger partial charge in [-0.25, -0.2) is 8.42 Å². The molecule has 0 aliphatic carbocycles. The zero-order valence-electron chi connectivity index (χ0n) is 15.0. The van der Waals surface area contributed by atoms with Crippen molar-refractivity contribution in [2.24, 2.45) is 5.92 Å². The van der Waals surface area contributed by atoms with E-state index in [0.29, 0.717) is 24.6 Å². The van der Waals surface area contributed by atoms with Gasteiger partial charge in [-0.1, -0.05) is 25.8 Å². The fourth-order valence-corrected chi connectivity index (χ4v) is 5.34. The molecular weight excluding hydrogens is 336 g/mol. The van der Waals surface area contributed by atoms with Crippen LogP contribution in [0.2, 0.25) is 0 Å². The Labute approximate surface area is 151 Å². The van der Waals surface area contributed by atoms with E-state index in [1.165, 1.54) is 0 Å². The molecule has 0 unspecified atom stereocenters. The Morgan fingerprint density at radius 2 is 1.76 bits per heavy atom. The average molecular weight is 365 g/mol. The Bertz CT molecular complexity index is 709. The van der Waals surface area contributed by atoms with Gasteiger partial charge < -0.3 is 4.90 Å². The predicted octanol–water partition coefficient (Wildman–Crippen LogP) is 3.12. The summed E-state index contributed by atoms with van der Waals surface area (Å²) in [6.45, 7) is 4.81. The monoisotopic (exact) mass is 364 g/mol. The van der Waals surface area contributed by atoms with Crippen molar-refractivity contribution in [1.82, 2.24) is 9.21 Å². The SMILES string of the molecule is C[C@@H]1CCCN(C(=O)c2cccc(S(=O)(=O)N3CCCCCC3)c2)C1. The van der Waals surface area contributed by atoms with Crippen LogP contribution in [0.5, 0.6) is 0 Å². The quantitative estimate of drug-likeness (QED) is 0.828. The smallest absolute Gasteiger partial charge is 0.253 e. The van der Waals surface area contributed by atoms with Crippen LogP contribution in [-0.4, -0.2) is 49.7 Å². The summed E-state index contributed by atoms with van der Waals surface area (Å²) in [7, 11) is -3.52. The van der Waals surface area contributed by atoms with Gasteiger partial charge in [-0.05, 0) is 49.8 Å². The molecule has 0 N–H and O–H groups in total. The third kappa shape index (κ3) is 4.23. The number of carbonyl (C=O) groups is 1. The maximum Gasteiger partial charge on any atom is 0.253 e. The largest absolute Gasteiger partial charge is 0.338 e. The zero-order chi connectivity index (χ0) is 17.9. The molecule has 0 radical (unpaired) electrons. The summed E-state index contributed by atoms with van der Waals surface area (Å²) in [4.78, 5) is 14.9. The van der Waals surface area contributed by atoms with Crippen LogP contribution in [0.25, 0.3) is 0 Å². The van der Waals surface area contributed by atoms with Crippen molar-refractivity contribution in [2.45, 2.75) is 50.3 Å². The van der Waals surface area contributed by atoms with Gasteiger partial charge in [0.05, 0.1) is 4.90 Å². The molecule has 2 fully saturated rings. The minimum absolute atomic E-state index is 0.0560. The normalized spacial score (nSPS) is 23.2. The lowest BCUT2D eigenvalue weighted by atomic mass is 9.99. The van der Waals surface area contributed by atoms with Gasteiger partial charge in [0.25, 0.3) is 5.91 Å². The van der Waals surface area contributed by atoms with Crippen LogP contribution >= 0.6 is 0 Å². The summed E-state index contributed by atoms with van der Waals surface area (Å²) in [5.41, 5.74) is 0.477. The van der Waals surface area contributed by atoms with Crippen molar-refractivity contribution < 1.29 is 13.2 Å². The van der Waals surface area contributed by atoms with E-state index in [-0.39, 0.29) is 10.8 Å². The fraction of sp³-hybridized carbons (Fsp3) is 0.632. The minimum atomic E-state index is -3.52. The van der Waals surface area contributed by atoms with Gasteiger partial charge in [0.1, 0.15) is 0 Å². The van der Waals surface area contributed by atoms with Gasteiger partial charge in [0, 0.05) is 31.7 Å². The topological polar surface area (TPSA) is 57.7 Å². The number of benzene rings is 1. The number of sulfonamides is 1. The van der Waals surface area contributed by atoms with Crippen LogP contribution in [0.15, 0.2) is 29.2 Å². The first-order valence-electron chi connectivity index (χ1n) is 9.38. The van der Waals surface area contributed by atoms with Crippen molar-refractivity contribution in [3.05, 3.63) is 29.8 Å². The highest BCUT2D eigenvalue weighted by Crippen LogP contribution is 2.23. The van der Waals surface area contributed by atoms with Crippen LogP contribution in [-0.2, 0) is 10.0 Å². The maximum atomic E-state index is 12.9. The Balaban J connectivity index is 1.81. The number of nitrogens with zero attached hydrogens (tertiary/aromatic N) is 2. The molecule has 1 amide bonds. The molecule has 0 bridgehead atoms. The number of carbonyl (C=O) groups excluding carboxylic acids is 1. The standard InChI is InChI=1S/C19H28N2O3S/c1-16-8-7-11-20(15-16)19(22)17-9-6-10-18(14-17)25(23,24)21-12-4-2-3-5-13-21/h6,9-10,14,16H,2-5,7-8,11-13,15H2,1H3/t16-/m1/s1. The van der Waals surface area contributed by atoms with E-state index >= 15 is 0 Å². The fourth-order valence-electron chi connectivity index (χ4n) is 3.78. The Kier molecular flexibility index (Phi) is 5.79. The molecule has 1 atom stereocenters. The second-order valence-electron chi connectivity index (χ2n) is 7.34. The maximum absolute atomic E-state index is 12.9. The lowest BCUT2D eigenvalue weighted by Gasteiger charge is -2.31. The molecule has 138 valence electrons. The molecule has 0 saturated carbocycles. The van der Waals surface area contributed by atoms with Crippen molar-refractivity contribution in [3.8, 4) is 0 Å². The van der Waals surface area contributed by atoms with E-state index in [4.69, 9.17) is 0 Å². The van der Waals surface area contributed by atoms with E-state index < -0.39 is 10.0 Å². The number of likely N-dealkylation sites (tertiary alicyclic amines) is 1. The molecule has 5 nitrogen and oxygen atoms in total. The summed E-state index contributed by atoms with van der Waals surface area (Å²) >= 11 is 0. The lowest BCUT2D eigenvalue weighted by Crippen LogP contribution is -2.39. The molecule has 1 aromatic carbocycles. The van der Waals surface area contributed by atoms with Gasteiger partial charge >= 0.3 is 0 Å². The summed E-state index contributed by atoms with van der Waals surface area (Å²) in [5.74, 6) is 0.446. The first-order valence-corrected chi connectivity index (χ1v) is 10.8. The molecule has 1 aromatic rings. The first kappa shape index (κ1) is 18.4. The van der Waals surface area contributed by atoms with Crippen LogP contribution in [0.3, 0.4) is 0 Å². The number of hydrogen-bond donors (Lipinski definition) is 0. The predicted molar refractivity (Wildman–Crippen MR) is 98.0 cm³/mol. The Morgan fingerprint density at radius 3 is 2.44 bits per heavy atom. The van der Waals surface area contributed by atoms with Gasteiger partial charge in [-0.3, -0.25) is 4.79 Å². The summed E-state index contributed by atoms with van der Waals surface area (Å²) in [6, 6.07) is 6.58. The van der Waals surface area contributed by atoms with Gasteiger partial charge in [0.2, 0.25) is 10.0 Å². The molecular formula is C19H28N2O3S. The van der Waals surface area contributed by atoms with Gasteiger partial charge in [-0.15, -0.1) is 0 Å². The van der Waals surface area contributed by atoms with Crippen LogP contribution in [0, 0.1) is 5.92 Å². The highest BCUT2D eigenvalue weighted by Gasteiger charge is 2.27. The van der Waals surface area contributed by atoms with Crippen molar-refractivity contribution in [2.75, 3.05) is 26.2 Å². The molecule has 3 rings (SSSR count). The highest BCUT2D eigenvalue weighted by molar-refractivity contribution is 7.89. The number of rotatable bonds is 3. The van der Waals surface area contributed by atoms with Gasteiger partial charge in [0.15, 0.2) is 0 Å². The van der Waals surface area contributed by atoms with Crippen molar-refractivity contribution in [3.63, 3.8) is 0 Å². The molecule has 2 saturated heterocycles. The molecule has 2 heterocycles. The Hall–Kier alpha value is -1.40. The molecule has 2 aliphatic rings. The van der Waals surface area contributed by atoms with Gasteiger partial charge in [-0.2, -0.15) is 4.31 Å². The molecule has 2 aliphatic heterocycles. The molecule has 0 aromatic heterocycles. The van der Waals surface area contributed by atoms with Crippen LogP contribution in [0.1, 0.15) is 55.8 Å². The highest BCUT2D eigenvalue weighted by atomic mass is 32.2. The molecule has 6 heteroatoms. The van der Waals surface area contributed by atoms with Crippen molar-refractivity contribution in [1.29, 1.82) is 0 Å². The van der Waals surface area contributed by atoms with E-state index in [1.54, 1.807) is 28.6 Å². The van der Waals surface area contributed by atoms with E-state index in [0.717, 1.165) is 51.6 Å². The number of piperidine rings is 1.